The number of fused-ring (bicyclic) bond motifs is 1. The maximum absolute atomic E-state index is 12.7. The van der Waals surface area contributed by atoms with E-state index in [0.29, 0.717) is 43.3 Å². The van der Waals surface area contributed by atoms with Crippen LogP contribution in [0.2, 0.25) is 0 Å². The number of benzene rings is 1. The summed E-state index contributed by atoms with van der Waals surface area (Å²) in [7, 11) is 0. The van der Waals surface area contributed by atoms with Crippen LogP contribution in [0.1, 0.15) is 29.2 Å². The van der Waals surface area contributed by atoms with Crippen LogP contribution in [-0.4, -0.2) is 46.0 Å². The van der Waals surface area contributed by atoms with E-state index in [1.54, 1.807) is 24.1 Å². The summed E-state index contributed by atoms with van der Waals surface area (Å²) < 4.78 is 38.3. The van der Waals surface area contributed by atoms with Gasteiger partial charge in [-0.2, -0.15) is 0 Å². The fourth-order valence-electron chi connectivity index (χ4n) is 3.59. The Balaban J connectivity index is 1.41. The summed E-state index contributed by atoms with van der Waals surface area (Å²) >= 11 is 0. The fraction of sp³-hybridized carbons (Fsp3) is 0.400. The van der Waals surface area contributed by atoms with E-state index < -0.39 is 6.43 Å². The summed E-state index contributed by atoms with van der Waals surface area (Å²) in [5, 5.41) is 0.819. The van der Waals surface area contributed by atoms with Crippen LogP contribution in [0.15, 0.2) is 41.1 Å². The molecule has 1 aromatic carbocycles. The molecule has 28 heavy (non-hydrogen) atoms. The average molecular weight is 389 g/mol. The molecule has 2 aromatic heterocycles. The molecule has 0 spiro atoms. The maximum Gasteiger partial charge on any atom is 0.275 e. The van der Waals surface area contributed by atoms with Crippen LogP contribution < -0.4 is 4.74 Å². The lowest BCUT2D eigenvalue weighted by atomic mass is 10.1. The van der Waals surface area contributed by atoms with Crippen molar-refractivity contribution in [2.24, 2.45) is 0 Å². The van der Waals surface area contributed by atoms with Gasteiger partial charge in [-0.3, -0.25) is 4.79 Å². The molecular formula is C20H21F2N3O3. The Labute approximate surface area is 160 Å². The predicted molar refractivity (Wildman–Crippen MR) is 98.7 cm³/mol. The van der Waals surface area contributed by atoms with Gasteiger partial charge in [-0.15, -0.1) is 0 Å². The third-order valence-electron chi connectivity index (χ3n) is 4.97. The first-order chi connectivity index (χ1) is 13.5. The quantitative estimate of drug-likeness (QED) is 0.664. The van der Waals surface area contributed by atoms with Gasteiger partial charge in [0.25, 0.3) is 12.3 Å². The number of rotatable bonds is 5. The number of hydrogen-bond donors (Lipinski definition) is 0. The zero-order valence-corrected chi connectivity index (χ0v) is 15.5. The van der Waals surface area contributed by atoms with Gasteiger partial charge < -0.3 is 18.6 Å². The van der Waals surface area contributed by atoms with Gasteiger partial charge in [0, 0.05) is 44.4 Å². The second-order valence-electron chi connectivity index (χ2n) is 6.91. The number of ether oxygens (including phenoxy) is 1. The third kappa shape index (κ3) is 3.72. The minimum Gasteiger partial charge on any atom is -0.490 e. The van der Waals surface area contributed by atoms with Crippen molar-refractivity contribution < 1.29 is 22.7 Å². The zero-order chi connectivity index (χ0) is 19.7. The van der Waals surface area contributed by atoms with Crippen LogP contribution in [0.5, 0.6) is 5.75 Å². The van der Waals surface area contributed by atoms with E-state index in [1.165, 1.54) is 10.8 Å². The summed E-state index contributed by atoms with van der Waals surface area (Å²) in [6.07, 6.45) is 1.98. The minimum absolute atomic E-state index is 0.0351. The first kappa shape index (κ1) is 18.5. The van der Waals surface area contributed by atoms with Gasteiger partial charge in [0.1, 0.15) is 18.1 Å². The SMILES string of the molecule is Cc1nc(C(=O)N2CCC(Oc3cccc4c3ccn4CC(F)F)CC2)co1. The highest BCUT2D eigenvalue weighted by atomic mass is 19.3. The molecule has 0 unspecified atom stereocenters. The largest absolute Gasteiger partial charge is 0.490 e. The molecule has 1 saturated heterocycles. The summed E-state index contributed by atoms with van der Waals surface area (Å²) in [5.74, 6) is 1.01. The van der Waals surface area contributed by atoms with E-state index in [2.05, 4.69) is 4.98 Å². The van der Waals surface area contributed by atoms with Crippen LogP contribution in [0.25, 0.3) is 10.9 Å². The summed E-state index contributed by atoms with van der Waals surface area (Å²) in [6.45, 7) is 2.50. The number of amides is 1. The number of oxazole rings is 1. The molecule has 0 atom stereocenters. The molecule has 4 rings (SSSR count). The van der Waals surface area contributed by atoms with Crippen molar-refractivity contribution in [1.29, 1.82) is 0 Å². The average Bonchev–Trinajstić information content (AvgIpc) is 3.29. The standard InChI is InChI=1S/C20H21F2N3O3/c1-13-23-16(12-27-13)20(26)24-8-5-14(6-9-24)28-18-4-2-3-17-15(18)7-10-25(17)11-19(21)22/h2-4,7,10,12,14,19H,5-6,8-9,11H2,1H3. The second-order valence-corrected chi connectivity index (χ2v) is 6.91. The van der Waals surface area contributed by atoms with E-state index in [4.69, 9.17) is 9.15 Å². The number of alkyl halides is 2. The molecule has 3 aromatic rings. The van der Waals surface area contributed by atoms with Crippen molar-refractivity contribution in [1.82, 2.24) is 14.5 Å². The van der Waals surface area contributed by atoms with E-state index in [-0.39, 0.29) is 18.6 Å². The van der Waals surface area contributed by atoms with Crippen LogP contribution in [0.3, 0.4) is 0 Å². The monoisotopic (exact) mass is 389 g/mol. The highest BCUT2D eigenvalue weighted by molar-refractivity contribution is 5.92. The molecule has 1 aliphatic heterocycles. The number of halogens is 2. The Morgan fingerprint density at radius 3 is 2.79 bits per heavy atom. The maximum atomic E-state index is 12.7. The molecular weight excluding hydrogens is 368 g/mol. The zero-order valence-electron chi connectivity index (χ0n) is 15.5. The summed E-state index contributed by atoms with van der Waals surface area (Å²) in [6, 6.07) is 7.28. The van der Waals surface area contributed by atoms with E-state index >= 15 is 0 Å². The van der Waals surface area contributed by atoms with Crippen molar-refractivity contribution >= 4 is 16.8 Å². The van der Waals surface area contributed by atoms with Gasteiger partial charge in [0.05, 0.1) is 12.1 Å². The second kappa shape index (κ2) is 7.61. The molecule has 0 aliphatic carbocycles. The minimum atomic E-state index is -2.41. The Bertz CT molecular complexity index is 974. The van der Waals surface area contributed by atoms with Crippen LogP contribution in [0, 0.1) is 6.92 Å². The molecule has 0 saturated carbocycles. The van der Waals surface area contributed by atoms with Crippen molar-refractivity contribution in [3.63, 3.8) is 0 Å². The topological polar surface area (TPSA) is 60.5 Å². The summed E-state index contributed by atoms with van der Waals surface area (Å²) in [4.78, 5) is 18.3. The molecule has 0 radical (unpaired) electrons. The van der Waals surface area contributed by atoms with Gasteiger partial charge in [-0.25, -0.2) is 13.8 Å². The van der Waals surface area contributed by atoms with E-state index in [1.807, 2.05) is 18.2 Å². The van der Waals surface area contributed by atoms with Crippen molar-refractivity contribution in [3.05, 3.63) is 48.3 Å². The highest BCUT2D eigenvalue weighted by Gasteiger charge is 2.26. The number of likely N-dealkylation sites (tertiary alicyclic amines) is 1. The van der Waals surface area contributed by atoms with E-state index in [9.17, 15) is 13.6 Å². The third-order valence-corrected chi connectivity index (χ3v) is 4.97. The Kier molecular flexibility index (Phi) is 5.02. The van der Waals surface area contributed by atoms with Crippen LogP contribution in [-0.2, 0) is 6.54 Å². The lowest BCUT2D eigenvalue weighted by Crippen LogP contribution is -2.41. The summed E-state index contributed by atoms with van der Waals surface area (Å²) in [5.41, 5.74) is 1.05. The van der Waals surface area contributed by atoms with Gasteiger partial charge in [0.15, 0.2) is 11.6 Å². The van der Waals surface area contributed by atoms with Gasteiger partial charge in [-0.1, -0.05) is 6.07 Å². The van der Waals surface area contributed by atoms with Crippen LogP contribution in [0.4, 0.5) is 8.78 Å². The fourth-order valence-corrected chi connectivity index (χ4v) is 3.59. The predicted octanol–water partition coefficient (Wildman–Crippen LogP) is 3.89. The van der Waals surface area contributed by atoms with Crippen LogP contribution >= 0.6 is 0 Å². The first-order valence-electron chi connectivity index (χ1n) is 9.25. The molecule has 148 valence electrons. The first-order valence-corrected chi connectivity index (χ1v) is 9.25. The normalized spacial score (nSPS) is 15.5. The van der Waals surface area contributed by atoms with Gasteiger partial charge in [-0.05, 0) is 18.2 Å². The van der Waals surface area contributed by atoms with Gasteiger partial charge in [0.2, 0.25) is 0 Å². The Morgan fingerprint density at radius 2 is 2.11 bits per heavy atom. The molecule has 1 fully saturated rings. The molecule has 0 bridgehead atoms. The molecule has 6 nitrogen and oxygen atoms in total. The lowest BCUT2D eigenvalue weighted by Gasteiger charge is -2.31. The Morgan fingerprint density at radius 1 is 1.32 bits per heavy atom. The molecule has 1 aliphatic rings. The van der Waals surface area contributed by atoms with Crippen molar-refractivity contribution in [2.45, 2.75) is 38.8 Å². The van der Waals surface area contributed by atoms with Crippen molar-refractivity contribution in [3.8, 4) is 5.75 Å². The number of nitrogens with zero attached hydrogens (tertiary/aromatic N) is 3. The Hall–Kier alpha value is -2.90. The number of carbonyl (C=O) groups excluding carboxylic acids is 1. The molecule has 1 amide bonds. The molecule has 0 N–H and O–H groups in total. The van der Waals surface area contributed by atoms with E-state index in [0.717, 1.165) is 10.9 Å². The molecule has 8 heteroatoms. The highest BCUT2D eigenvalue weighted by Crippen LogP contribution is 2.29. The number of piperidine rings is 1. The van der Waals surface area contributed by atoms with Crippen molar-refractivity contribution in [2.75, 3.05) is 13.1 Å². The number of carbonyl (C=O) groups is 1. The number of aryl methyl sites for hydroxylation is 1. The molecule has 3 heterocycles. The number of hydrogen-bond acceptors (Lipinski definition) is 4. The lowest BCUT2D eigenvalue weighted by molar-refractivity contribution is 0.0592. The van der Waals surface area contributed by atoms with Gasteiger partial charge >= 0.3 is 0 Å². The number of aromatic nitrogens is 2. The smallest absolute Gasteiger partial charge is 0.275 e.